The first-order chi connectivity index (χ1) is 15.4. The number of esters is 1. The zero-order chi connectivity index (χ0) is 29.8. The molecule has 0 bridgehead atoms. The molecule has 36 heavy (non-hydrogen) atoms. The molecule has 0 aliphatic carbocycles. The smallest absolute Gasteiger partial charge is 0.459 e. The van der Waals surface area contributed by atoms with Crippen molar-refractivity contribution in [2.45, 2.75) is 73.8 Å². The SMILES string of the molecule is CCC(C)C(=O)OCC(F)(F)C(F)(F)C(F)(F)C(F)(F)C(F)(F)C(F)(F)C(F)(F)C(F)(F)C(F)(F)F. The minimum atomic E-state index is -8.98. The molecular weight excluding hydrogens is 573 g/mol. The zero-order valence-electron chi connectivity index (χ0n) is 17.0. The van der Waals surface area contributed by atoms with Gasteiger partial charge in [-0.3, -0.25) is 4.79 Å². The fourth-order valence-electron chi connectivity index (χ4n) is 1.95. The van der Waals surface area contributed by atoms with Gasteiger partial charge in [0.25, 0.3) is 0 Å². The van der Waals surface area contributed by atoms with Crippen molar-refractivity contribution in [3.8, 4) is 0 Å². The number of rotatable bonds is 11. The fraction of sp³-hybridized carbons (Fsp3) is 0.933. The van der Waals surface area contributed by atoms with E-state index < -0.39 is 72.1 Å². The lowest BCUT2D eigenvalue weighted by atomic mass is 9.87. The summed E-state index contributed by atoms with van der Waals surface area (Å²) in [6, 6.07) is 0. The monoisotopic (exact) mass is 584 g/mol. The molecule has 0 saturated carbocycles. The highest BCUT2D eigenvalue weighted by Crippen LogP contribution is 2.65. The molecule has 0 radical (unpaired) electrons. The molecule has 21 heteroatoms. The van der Waals surface area contributed by atoms with Gasteiger partial charge in [0, 0.05) is 0 Å². The van der Waals surface area contributed by atoms with E-state index >= 15 is 0 Å². The molecule has 0 aliphatic heterocycles. The van der Waals surface area contributed by atoms with E-state index in [9.17, 15) is 88.2 Å². The summed E-state index contributed by atoms with van der Waals surface area (Å²) in [5.74, 6) is -70.6. The molecule has 0 aromatic carbocycles. The number of carbonyl (C=O) groups excluding carboxylic acids is 1. The number of ether oxygens (including phenoxy) is 1. The Morgan fingerprint density at radius 2 is 0.833 bits per heavy atom. The Morgan fingerprint density at radius 3 is 1.11 bits per heavy atom. The van der Waals surface area contributed by atoms with Crippen molar-refractivity contribution < 1.29 is 92.9 Å². The van der Waals surface area contributed by atoms with Gasteiger partial charge in [0.15, 0.2) is 6.61 Å². The van der Waals surface area contributed by atoms with Crippen molar-refractivity contribution in [1.82, 2.24) is 0 Å². The van der Waals surface area contributed by atoms with Gasteiger partial charge in [0.2, 0.25) is 0 Å². The number of halogens is 19. The molecule has 0 amide bonds. The number of carbonyl (C=O) groups is 1. The number of hydrogen-bond acceptors (Lipinski definition) is 2. The number of alkyl halides is 19. The van der Waals surface area contributed by atoms with Crippen molar-refractivity contribution in [2.24, 2.45) is 5.92 Å². The van der Waals surface area contributed by atoms with Crippen LogP contribution in [0.1, 0.15) is 20.3 Å². The van der Waals surface area contributed by atoms with Crippen LogP contribution in [0, 0.1) is 5.92 Å². The Bertz CT molecular complexity index is 797. The van der Waals surface area contributed by atoms with Crippen LogP contribution in [-0.4, -0.2) is 66.1 Å². The van der Waals surface area contributed by atoms with E-state index in [1.54, 1.807) is 0 Å². The summed E-state index contributed by atoms with van der Waals surface area (Å²) >= 11 is 0. The topological polar surface area (TPSA) is 26.3 Å². The van der Waals surface area contributed by atoms with Gasteiger partial charge in [-0.15, -0.1) is 0 Å². The Morgan fingerprint density at radius 1 is 0.556 bits per heavy atom. The Balaban J connectivity index is 6.66. The van der Waals surface area contributed by atoms with Crippen molar-refractivity contribution in [3.05, 3.63) is 0 Å². The molecule has 0 rings (SSSR count). The second kappa shape index (κ2) is 9.16. The van der Waals surface area contributed by atoms with E-state index in [0.717, 1.165) is 13.8 Å². The average Bonchev–Trinajstić information content (AvgIpc) is 2.69. The third-order valence-corrected chi connectivity index (χ3v) is 4.59. The largest absolute Gasteiger partial charge is 0.460 e. The lowest BCUT2D eigenvalue weighted by Crippen LogP contribution is -2.76. The first-order valence-electron chi connectivity index (χ1n) is 8.62. The van der Waals surface area contributed by atoms with Gasteiger partial charge >= 0.3 is 59.5 Å². The standard InChI is InChI=1S/C15H11F19O2/c1-3-5(2)6(35)36-4-7(16,17)8(18,19)9(20,21)10(22,23)11(24,25)12(26,27)13(28,29)14(30,31)15(32,33)34/h5H,3-4H2,1-2H3. The van der Waals surface area contributed by atoms with Crippen molar-refractivity contribution >= 4 is 5.97 Å². The highest BCUT2D eigenvalue weighted by Gasteiger charge is 2.96. The lowest BCUT2D eigenvalue weighted by Gasteiger charge is -2.43. The van der Waals surface area contributed by atoms with Crippen LogP contribution in [-0.2, 0) is 9.53 Å². The molecular formula is C15H11F19O2. The van der Waals surface area contributed by atoms with Gasteiger partial charge in [0.1, 0.15) is 0 Å². The highest BCUT2D eigenvalue weighted by molar-refractivity contribution is 5.71. The van der Waals surface area contributed by atoms with E-state index in [1.165, 1.54) is 0 Å². The molecule has 0 spiro atoms. The molecule has 0 N–H and O–H groups in total. The van der Waals surface area contributed by atoms with Crippen LogP contribution in [0.3, 0.4) is 0 Å². The van der Waals surface area contributed by atoms with Crippen LogP contribution in [0.15, 0.2) is 0 Å². The zero-order valence-corrected chi connectivity index (χ0v) is 17.0. The van der Waals surface area contributed by atoms with Gasteiger partial charge < -0.3 is 4.74 Å². The molecule has 216 valence electrons. The van der Waals surface area contributed by atoms with Crippen LogP contribution >= 0.6 is 0 Å². The van der Waals surface area contributed by atoms with Crippen molar-refractivity contribution in [1.29, 1.82) is 0 Å². The molecule has 0 aromatic rings. The number of hydrogen-bond donors (Lipinski definition) is 0. The molecule has 0 heterocycles. The second-order valence-electron chi connectivity index (χ2n) is 7.14. The Labute approximate surface area is 186 Å². The van der Waals surface area contributed by atoms with Gasteiger partial charge in [0.05, 0.1) is 5.92 Å². The minimum Gasteiger partial charge on any atom is -0.459 e. The van der Waals surface area contributed by atoms with E-state index in [0.29, 0.717) is 0 Å². The predicted molar refractivity (Wildman–Crippen MR) is 76.0 cm³/mol. The normalized spacial score (nSPS) is 16.7. The van der Waals surface area contributed by atoms with Crippen LogP contribution in [0.4, 0.5) is 83.4 Å². The molecule has 1 atom stereocenters. The van der Waals surface area contributed by atoms with E-state index in [1.807, 2.05) is 0 Å². The summed E-state index contributed by atoms with van der Waals surface area (Å²) in [6.45, 7) is -1.30. The van der Waals surface area contributed by atoms with Crippen LogP contribution < -0.4 is 0 Å². The summed E-state index contributed by atoms with van der Waals surface area (Å²) < 4.78 is 253. The van der Waals surface area contributed by atoms with E-state index in [4.69, 9.17) is 0 Å². The first-order valence-corrected chi connectivity index (χ1v) is 8.62. The summed E-state index contributed by atoms with van der Waals surface area (Å²) in [7, 11) is 0. The molecule has 2 nitrogen and oxygen atoms in total. The van der Waals surface area contributed by atoms with Gasteiger partial charge in [-0.1, -0.05) is 13.8 Å². The summed E-state index contributed by atoms with van der Waals surface area (Å²) in [5.41, 5.74) is 0. The quantitative estimate of drug-likeness (QED) is 0.190. The van der Waals surface area contributed by atoms with E-state index in [2.05, 4.69) is 4.74 Å². The molecule has 0 fully saturated rings. The predicted octanol–water partition coefficient (Wildman–Crippen LogP) is 7.22. The maximum Gasteiger partial charge on any atom is 0.460 e. The van der Waals surface area contributed by atoms with Crippen molar-refractivity contribution in [2.75, 3.05) is 6.61 Å². The third-order valence-electron chi connectivity index (χ3n) is 4.59. The van der Waals surface area contributed by atoms with Gasteiger partial charge in [-0.2, -0.15) is 83.4 Å². The Hall–Kier alpha value is -1.86. The Kier molecular flexibility index (Phi) is 8.68. The summed E-state index contributed by atoms with van der Waals surface area (Å²) in [5, 5.41) is 0. The lowest BCUT2D eigenvalue weighted by molar-refractivity contribution is -0.469. The average molecular weight is 584 g/mol. The van der Waals surface area contributed by atoms with E-state index in [-0.39, 0.29) is 6.42 Å². The van der Waals surface area contributed by atoms with Gasteiger partial charge in [-0.05, 0) is 6.42 Å². The third kappa shape index (κ3) is 4.62. The molecule has 0 saturated heterocycles. The van der Waals surface area contributed by atoms with Crippen LogP contribution in [0.25, 0.3) is 0 Å². The first kappa shape index (κ1) is 34.1. The molecule has 0 aliphatic rings. The summed E-state index contributed by atoms with van der Waals surface area (Å²) in [4.78, 5) is 11.2. The van der Waals surface area contributed by atoms with Crippen molar-refractivity contribution in [3.63, 3.8) is 0 Å². The van der Waals surface area contributed by atoms with Crippen LogP contribution in [0.5, 0.6) is 0 Å². The highest BCUT2D eigenvalue weighted by atomic mass is 19.4. The second-order valence-corrected chi connectivity index (χ2v) is 7.14. The van der Waals surface area contributed by atoms with Crippen LogP contribution in [0.2, 0.25) is 0 Å². The summed E-state index contributed by atoms with van der Waals surface area (Å²) in [6.07, 6.45) is -8.21. The minimum absolute atomic E-state index is 0.285. The maximum absolute atomic E-state index is 13.6. The molecule has 1 unspecified atom stereocenters. The van der Waals surface area contributed by atoms with Gasteiger partial charge in [-0.25, -0.2) is 0 Å². The molecule has 0 aromatic heterocycles. The maximum atomic E-state index is 13.6. The fourth-order valence-corrected chi connectivity index (χ4v) is 1.95.